The van der Waals surface area contributed by atoms with Gasteiger partial charge in [-0.25, -0.2) is 8.42 Å². The zero-order valence-corrected chi connectivity index (χ0v) is 18.5. The number of methoxy groups -OCH3 is 1. The van der Waals surface area contributed by atoms with E-state index in [2.05, 4.69) is 4.90 Å². The van der Waals surface area contributed by atoms with Gasteiger partial charge in [-0.1, -0.05) is 29.8 Å². The Bertz CT molecular complexity index is 984. The summed E-state index contributed by atoms with van der Waals surface area (Å²) in [5.74, 6) is -0.0920. The van der Waals surface area contributed by atoms with E-state index in [0.717, 1.165) is 17.0 Å². The summed E-state index contributed by atoms with van der Waals surface area (Å²) in [6, 6.07) is 7.63. The molecule has 162 valence electrons. The molecular formula is C21H26ClN3O4S. The molecule has 0 spiro atoms. The zero-order chi connectivity index (χ0) is 21.3. The number of anilines is 1. The molecule has 7 nitrogen and oxygen atoms in total. The third-order valence-electron chi connectivity index (χ3n) is 5.88. The van der Waals surface area contributed by atoms with Crippen LogP contribution in [0.5, 0.6) is 0 Å². The van der Waals surface area contributed by atoms with Gasteiger partial charge in [-0.05, 0) is 36.6 Å². The van der Waals surface area contributed by atoms with Crippen LogP contribution in [-0.2, 0) is 19.6 Å². The van der Waals surface area contributed by atoms with Gasteiger partial charge in [-0.3, -0.25) is 4.79 Å². The highest BCUT2D eigenvalue weighted by atomic mass is 35.5. The molecule has 1 amide bonds. The van der Waals surface area contributed by atoms with Crippen LogP contribution >= 0.6 is 11.6 Å². The van der Waals surface area contributed by atoms with Crippen LogP contribution in [0.2, 0.25) is 5.02 Å². The number of hydrogen-bond acceptors (Lipinski definition) is 5. The number of amides is 1. The minimum absolute atomic E-state index is 0.0310. The molecule has 0 radical (unpaired) electrons. The van der Waals surface area contributed by atoms with Gasteiger partial charge in [0.05, 0.1) is 5.25 Å². The van der Waals surface area contributed by atoms with Crippen LogP contribution in [0.4, 0.5) is 5.69 Å². The van der Waals surface area contributed by atoms with E-state index in [4.69, 9.17) is 16.3 Å². The number of nitrogens with zero attached hydrogens (tertiary/aromatic N) is 3. The first-order chi connectivity index (χ1) is 14.4. The SMILES string of the molecule is COCC(=O)N1CCC2=CC(S(=O)(=O)N3CCN(c4cccc(Cl)c4)CC3)CC=C21. The number of likely N-dealkylation sites (tertiary alicyclic amines) is 1. The Balaban J connectivity index is 1.42. The number of hydrogen-bond donors (Lipinski definition) is 0. The first-order valence-electron chi connectivity index (χ1n) is 10.1. The number of benzene rings is 1. The second-order valence-electron chi connectivity index (χ2n) is 7.69. The van der Waals surface area contributed by atoms with Gasteiger partial charge in [0.2, 0.25) is 10.0 Å². The zero-order valence-electron chi connectivity index (χ0n) is 17.0. The number of ether oxygens (including phenoxy) is 1. The Morgan fingerprint density at radius 1 is 1.20 bits per heavy atom. The lowest BCUT2D eigenvalue weighted by atomic mass is 10.0. The van der Waals surface area contributed by atoms with Gasteiger partial charge in [0, 0.05) is 56.2 Å². The van der Waals surface area contributed by atoms with Gasteiger partial charge >= 0.3 is 0 Å². The topological polar surface area (TPSA) is 70.2 Å². The van der Waals surface area contributed by atoms with Crippen molar-refractivity contribution in [1.82, 2.24) is 9.21 Å². The van der Waals surface area contributed by atoms with E-state index < -0.39 is 15.3 Å². The average Bonchev–Trinajstić information content (AvgIpc) is 3.17. The molecule has 0 aromatic heterocycles. The fraction of sp³-hybridized carbons (Fsp3) is 0.476. The molecule has 1 aromatic rings. The Labute approximate surface area is 182 Å². The summed E-state index contributed by atoms with van der Waals surface area (Å²) >= 11 is 6.08. The molecular weight excluding hydrogens is 426 g/mol. The van der Waals surface area contributed by atoms with Gasteiger partial charge in [-0.15, -0.1) is 0 Å². The quantitative estimate of drug-likeness (QED) is 0.686. The van der Waals surface area contributed by atoms with Crippen LogP contribution in [0.25, 0.3) is 0 Å². The number of sulfonamides is 1. The lowest BCUT2D eigenvalue weighted by Gasteiger charge is -2.37. The van der Waals surface area contributed by atoms with E-state index in [9.17, 15) is 13.2 Å². The Hall–Kier alpha value is -1.87. The molecule has 2 saturated heterocycles. The Morgan fingerprint density at radius 2 is 1.97 bits per heavy atom. The van der Waals surface area contributed by atoms with Crippen molar-refractivity contribution < 1.29 is 17.9 Å². The van der Waals surface area contributed by atoms with Crippen molar-refractivity contribution in [2.45, 2.75) is 18.1 Å². The summed E-state index contributed by atoms with van der Waals surface area (Å²) in [5, 5.41) is 0.0972. The molecule has 0 bridgehead atoms. The number of fused-ring (bicyclic) bond motifs is 1. The first-order valence-corrected chi connectivity index (χ1v) is 12.0. The molecule has 0 N–H and O–H groups in total. The van der Waals surface area contributed by atoms with Crippen LogP contribution < -0.4 is 4.90 Å². The third kappa shape index (κ3) is 4.14. The maximum Gasteiger partial charge on any atom is 0.252 e. The van der Waals surface area contributed by atoms with Crippen molar-refractivity contribution in [1.29, 1.82) is 0 Å². The molecule has 2 heterocycles. The molecule has 30 heavy (non-hydrogen) atoms. The standard InChI is InChI=1S/C21H26ClN3O4S/c1-29-15-21(26)25-8-7-16-13-19(5-6-20(16)25)30(27,28)24-11-9-23(10-12-24)18-4-2-3-17(22)14-18/h2-4,6,13-14,19H,5,7-12,15H2,1H3. The summed E-state index contributed by atoms with van der Waals surface area (Å²) in [4.78, 5) is 16.0. The predicted molar refractivity (Wildman–Crippen MR) is 117 cm³/mol. The minimum atomic E-state index is -3.45. The predicted octanol–water partition coefficient (Wildman–Crippen LogP) is 2.25. The van der Waals surface area contributed by atoms with Crippen molar-refractivity contribution in [3.8, 4) is 0 Å². The molecule has 3 aliphatic rings. The number of carbonyl (C=O) groups excluding carboxylic acids is 1. The smallest absolute Gasteiger partial charge is 0.252 e. The minimum Gasteiger partial charge on any atom is -0.375 e. The molecule has 1 aliphatic carbocycles. The largest absolute Gasteiger partial charge is 0.375 e. The molecule has 2 fully saturated rings. The normalized spacial score (nSPS) is 22.5. The number of carbonyl (C=O) groups is 1. The van der Waals surface area contributed by atoms with E-state index in [-0.39, 0.29) is 12.5 Å². The van der Waals surface area contributed by atoms with Gasteiger partial charge in [-0.2, -0.15) is 4.31 Å². The molecule has 1 atom stereocenters. The number of halogens is 1. The fourth-order valence-corrected chi connectivity index (χ4v) is 6.23. The summed E-state index contributed by atoms with van der Waals surface area (Å²) in [6.45, 7) is 2.76. The summed E-state index contributed by atoms with van der Waals surface area (Å²) in [6.07, 6.45) is 4.79. The van der Waals surface area contributed by atoms with Gasteiger partial charge < -0.3 is 14.5 Å². The number of allylic oxidation sites excluding steroid dienone is 2. The second-order valence-corrected chi connectivity index (χ2v) is 10.3. The second kappa shape index (κ2) is 8.70. The fourth-order valence-electron chi connectivity index (χ4n) is 4.32. The lowest BCUT2D eigenvalue weighted by molar-refractivity contribution is -0.132. The van der Waals surface area contributed by atoms with Crippen LogP contribution in [0, 0.1) is 0 Å². The van der Waals surface area contributed by atoms with Crippen molar-refractivity contribution in [3.05, 3.63) is 52.7 Å². The number of rotatable bonds is 5. The van der Waals surface area contributed by atoms with Crippen molar-refractivity contribution >= 4 is 33.2 Å². The summed E-state index contributed by atoms with van der Waals surface area (Å²) in [5.41, 5.74) is 2.80. The van der Waals surface area contributed by atoms with Gasteiger partial charge in [0.15, 0.2) is 0 Å². The summed E-state index contributed by atoms with van der Waals surface area (Å²) < 4.78 is 33.1. The molecule has 1 aromatic carbocycles. The number of piperazine rings is 1. The van der Waals surface area contributed by atoms with Gasteiger partial charge in [0.25, 0.3) is 5.91 Å². The highest BCUT2D eigenvalue weighted by Crippen LogP contribution is 2.34. The first kappa shape index (κ1) is 21.4. The molecule has 1 unspecified atom stereocenters. The van der Waals surface area contributed by atoms with Crippen molar-refractivity contribution in [2.75, 3.05) is 51.3 Å². The van der Waals surface area contributed by atoms with E-state index in [0.29, 0.717) is 50.6 Å². The Morgan fingerprint density at radius 3 is 2.67 bits per heavy atom. The molecule has 2 aliphatic heterocycles. The molecule has 9 heteroatoms. The van der Waals surface area contributed by atoms with Crippen molar-refractivity contribution in [2.24, 2.45) is 0 Å². The van der Waals surface area contributed by atoms with E-state index in [1.807, 2.05) is 36.4 Å². The maximum absolute atomic E-state index is 13.3. The third-order valence-corrected chi connectivity index (χ3v) is 8.29. The van der Waals surface area contributed by atoms with E-state index in [1.165, 1.54) is 7.11 Å². The monoisotopic (exact) mass is 451 g/mol. The molecule has 4 rings (SSSR count). The van der Waals surface area contributed by atoms with Crippen LogP contribution in [-0.4, -0.2) is 75.2 Å². The van der Waals surface area contributed by atoms with Crippen LogP contribution in [0.3, 0.4) is 0 Å². The van der Waals surface area contributed by atoms with E-state index in [1.54, 1.807) is 9.21 Å². The highest BCUT2D eigenvalue weighted by molar-refractivity contribution is 7.89. The van der Waals surface area contributed by atoms with Crippen LogP contribution in [0.15, 0.2) is 47.7 Å². The van der Waals surface area contributed by atoms with E-state index >= 15 is 0 Å². The van der Waals surface area contributed by atoms with Crippen molar-refractivity contribution in [3.63, 3.8) is 0 Å². The average molecular weight is 452 g/mol. The van der Waals surface area contributed by atoms with Crippen LogP contribution in [0.1, 0.15) is 12.8 Å². The highest BCUT2D eigenvalue weighted by Gasteiger charge is 2.37. The summed E-state index contributed by atoms with van der Waals surface area (Å²) in [7, 11) is -1.96. The molecule has 0 saturated carbocycles. The lowest BCUT2D eigenvalue weighted by Crippen LogP contribution is -2.51. The maximum atomic E-state index is 13.3. The van der Waals surface area contributed by atoms with Gasteiger partial charge in [0.1, 0.15) is 6.61 Å². The Kier molecular flexibility index (Phi) is 6.20.